The third-order valence-corrected chi connectivity index (χ3v) is 3.78. The van der Waals surface area contributed by atoms with Gasteiger partial charge in [0.25, 0.3) is 5.91 Å². The SMILES string of the molecule is CCN(Cc1cccc(C)n1)C(=O)c1sccc1N. The van der Waals surface area contributed by atoms with Crippen LogP contribution in [0.15, 0.2) is 29.6 Å². The van der Waals surface area contributed by atoms with Gasteiger partial charge in [-0.15, -0.1) is 11.3 Å². The second-order valence-corrected chi connectivity index (χ2v) is 5.21. The molecule has 1 amide bonds. The lowest BCUT2D eigenvalue weighted by Crippen LogP contribution is -2.30. The van der Waals surface area contributed by atoms with E-state index in [2.05, 4.69) is 4.98 Å². The van der Waals surface area contributed by atoms with Gasteiger partial charge in [0.05, 0.1) is 17.9 Å². The number of nitrogens with zero attached hydrogens (tertiary/aromatic N) is 2. The zero-order chi connectivity index (χ0) is 13.8. The van der Waals surface area contributed by atoms with Gasteiger partial charge in [0.15, 0.2) is 0 Å². The van der Waals surface area contributed by atoms with E-state index in [9.17, 15) is 4.79 Å². The molecule has 5 heteroatoms. The highest BCUT2D eigenvalue weighted by Gasteiger charge is 2.18. The number of carbonyl (C=O) groups excluding carboxylic acids is 1. The van der Waals surface area contributed by atoms with E-state index in [1.807, 2.05) is 37.4 Å². The molecule has 2 rings (SSSR count). The molecule has 0 aromatic carbocycles. The molecule has 0 atom stereocenters. The number of pyridine rings is 1. The summed E-state index contributed by atoms with van der Waals surface area (Å²) in [5.74, 6) is -0.0293. The Morgan fingerprint density at radius 3 is 2.79 bits per heavy atom. The summed E-state index contributed by atoms with van der Waals surface area (Å²) < 4.78 is 0. The van der Waals surface area contributed by atoms with Crippen LogP contribution in [-0.2, 0) is 6.54 Å². The normalized spacial score (nSPS) is 10.4. The molecule has 0 aliphatic heterocycles. The quantitative estimate of drug-likeness (QED) is 0.933. The van der Waals surface area contributed by atoms with E-state index in [-0.39, 0.29) is 5.91 Å². The first-order valence-electron chi connectivity index (χ1n) is 6.16. The van der Waals surface area contributed by atoms with Gasteiger partial charge in [-0.1, -0.05) is 6.07 Å². The van der Waals surface area contributed by atoms with Crippen LogP contribution in [0.1, 0.15) is 28.0 Å². The average Bonchev–Trinajstić information content (AvgIpc) is 2.81. The number of nitrogen functional groups attached to an aromatic ring is 1. The van der Waals surface area contributed by atoms with Crippen LogP contribution in [0.3, 0.4) is 0 Å². The van der Waals surface area contributed by atoms with Gasteiger partial charge in [-0.05, 0) is 37.4 Å². The molecule has 0 saturated heterocycles. The monoisotopic (exact) mass is 275 g/mol. The summed E-state index contributed by atoms with van der Waals surface area (Å²) in [6, 6.07) is 7.59. The molecule has 0 unspecified atom stereocenters. The third-order valence-electron chi connectivity index (χ3n) is 2.86. The van der Waals surface area contributed by atoms with Gasteiger partial charge in [0.2, 0.25) is 0 Å². The van der Waals surface area contributed by atoms with E-state index in [1.165, 1.54) is 11.3 Å². The number of hydrogen-bond acceptors (Lipinski definition) is 4. The molecule has 0 radical (unpaired) electrons. The van der Waals surface area contributed by atoms with E-state index < -0.39 is 0 Å². The maximum atomic E-state index is 12.4. The Balaban J connectivity index is 2.17. The van der Waals surface area contributed by atoms with Crippen molar-refractivity contribution in [2.75, 3.05) is 12.3 Å². The van der Waals surface area contributed by atoms with Crippen molar-refractivity contribution in [3.05, 3.63) is 45.9 Å². The Morgan fingerprint density at radius 2 is 2.21 bits per heavy atom. The minimum absolute atomic E-state index is 0.0293. The molecule has 0 saturated carbocycles. The molecule has 0 aliphatic carbocycles. The topological polar surface area (TPSA) is 59.2 Å². The number of aromatic nitrogens is 1. The number of nitrogens with two attached hydrogens (primary N) is 1. The molecule has 0 fully saturated rings. The Labute approximate surface area is 116 Å². The maximum Gasteiger partial charge on any atom is 0.266 e. The van der Waals surface area contributed by atoms with E-state index >= 15 is 0 Å². The molecule has 2 N–H and O–H groups in total. The zero-order valence-electron chi connectivity index (χ0n) is 11.1. The maximum absolute atomic E-state index is 12.4. The van der Waals surface area contributed by atoms with Crippen LogP contribution in [0.4, 0.5) is 5.69 Å². The standard InChI is InChI=1S/C14H17N3OS/c1-3-17(9-11-6-4-5-10(2)16-11)14(18)13-12(15)7-8-19-13/h4-8H,3,9,15H2,1-2H3. The molecule has 0 aliphatic rings. The fourth-order valence-corrected chi connectivity index (χ4v) is 2.63. The lowest BCUT2D eigenvalue weighted by atomic mass is 10.2. The number of carbonyl (C=O) groups is 1. The summed E-state index contributed by atoms with van der Waals surface area (Å²) in [7, 11) is 0. The number of aryl methyl sites for hydroxylation is 1. The first-order valence-corrected chi connectivity index (χ1v) is 7.04. The molecule has 19 heavy (non-hydrogen) atoms. The van der Waals surface area contributed by atoms with Crippen molar-refractivity contribution in [3.8, 4) is 0 Å². The van der Waals surface area contributed by atoms with E-state index in [4.69, 9.17) is 5.73 Å². The van der Waals surface area contributed by atoms with Crippen molar-refractivity contribution < 1.29 is 4.79 Å². The number of anilines is 1. The predicted molar refractivity (Wildman–Crippen MR) is 78.1 cm³/mol. The number of amides is 1. The van der Waals surface area contributed by atoms with Crippen molar-refractivity contribution >= 4 is 22.9 Å². The molecular weight excluding hydrogens is 258 g/mol. The fourth-order valence-electron chi connectivity index (χ4n) is 1.85. The first-order chi connectivity index (χ1) is 9.11. The van der Waals surface area contributed by atoms with E-state index in [0.717, 1.165) is 11.4 Å². The van der Waals surface area contributed by atoms with Gasteiger partial charge in [-0.3, -0.25) is 9.78 Å². The van der Waals surface area contributed by atoms with Gasteiger partial charge in [0, 0.05) is 12.2 Å². The lowest BCUT2D eigenvalue weighted by Gasteiger charge is -2.20. The third kappa shape index (κ3) is 3.12. The fraction of sp³-hybridized carbons (Fsp3) is 0.286. The molecular formula is C14H17N3OS. The molecule has 2 heterocycles. The van der Waals surface area contributed by atoms with Crippen LogP contribution < -0.4 is 5.73 Å². The zero-order valence-corrected chi connectivity index (χ0v) is 11.9. The Kier molecular flexibility index (Phi) is 4.16. The Morgan fingerprint density at radius 1 is 1.42 bits per heavy atom. The average molecular weight is 275 g/mol. The van der Waals surface area contributed by atoms with Crippen LogP contribution in [-0.4, -0.2) is 22.3 Å². The van der Waals surface area contributed by atoms with E-state index in [1.54, 1.807) is 11.0 Å². The van der Waals surface area contributed by atoms with Crippen molar-refractivity contribution in [1.29, 1.82) is 0 Å². The second kappa shape index (κ2) is 5.84. The number of thiophene rings is 1. The van der Waals surface area contributed by atoms with Crippen molar-refractivity contribution in [2.24, 2.45) is 0 Å². The summed E-state index contributed by atoms with van der Waals surface area (Å²) in [6.45, 7) is 5.04. The molecule has 2 aromatic rings. The van der Waals surface area contributed by atoms with Gasteiger partial charge >= 0.3 is 0 Å². The van der Waals surface area contributed by atoms with Crippen LogP contribution in [0.25, 0.3) is 0 Å². The Hall–Kier alpha value is -1.88. The molecule has 2 aromatic heterocycles. The minimum atomic E-state index is -0.0293. The van der Waals surface area contributed by atoms with Crippen molar-refractivity contribution in [2.45, 2.75) is 20.4 Å². The summed E-state index contributed by atoms with van der Waals surface area (Å²) in [4.78, 5) is 19.2. The van der Waals surface area contributed by atoms with Gasteiger partial charge in [-0.25, -0.2) is 0 Å². The molecule has 0 spiro atoms. The lowest BCUT2D eigenvalue weighted by molar-refractivity contribution is 0.0756. The van der Waals surface area contributed by atoms with Gasteiger partial charge < -0.3 is 10.6 Å². The van der Waals surface area contributed by atoms with E-state index in [0.29, 0.717) is 23.7 Å². The van der Waals surface area contributed by atoms with Crippen LogP contribution >= 0.6 is 11.3 Å². The molecule has 100 valence electrons. The smallest absolute Gasteiger partial charge is 0.266 e. The second-order valence-electron chi connectivity index (χ2n) is 4.29. The number of hydrogen-bond donors (Lipinski definition) is 1. The summed E-state index contributed by atoms with van der Waals surface area (Å²) in [5.41, 5.74) is 8.19. The summed E-state index contributed by atoms with van der Waals surface area (Å²) >= 11 is 1.38. The van der Waals surface area contributed by atoms with Crippen LogP contribution in [0, 0.1) is 6.92 Å². The summed E-state index contributed by atoms with van der Waals surface area (Å²) in [6.07, 6.45) is 0. The molecule has 0 bridgehead atoms. The molecule has 4 nitrogen and oxygen atoms in total. The summed E-state index contributed by atoms with van der Waals surface area (Å²) in [5, 5.41) is 1.83. The van der Waals surface area contributed by atoms with Crippen molar-refractivity contribution in [1.82, 2.24) is 9.88 Å². The van der Waals surface area contributed by atoms with Crippen LogP contribution in [0.5, 0.6) is 0 Å². The highest BCUT2D eigenvalue weighted by molar-refractivity contribution is 7.12. The minimum Gasteiger partial charge on any atom is -0.397 e. The first kappa shape index (κ1) is 13.5. The Bertz CT molecular complexity index is 580. The predicted octanol–water partition coefficient (Wildman–Crippen LogP) is 2.70. The largest absolute Gasteiger partial charge is 0.397 e. The van der Waals surface area contributed by atoms with Crippen LogP contribution in [0.2, 0.25) is 0 Å². The van der Waals surface area contributed by atoms with Gasteiger partial charge in [0.1, 0.15) is 4.88 Å². The van der Waals surface area contributed by atoms with Gasteiger partial charge in [-0.2, -0.15) is 0 Å². The highest BCUT2D eigenvalue weighted by Crippen LogP contribution is 2.21. The highest BCUT2D eigenvalue weighted by atomic mass is 32.1. The number of rotatable bonds is 4. The van der Waals surface area contributed by atoms with Crippen molar-refractivity contribution in [3.63, 3.8) is 0 Å².